The van der Waals surface area contributed by atoms with Crippen LogP contribution in [0.15, 0.2) is 24.3 Å². The van der Waals surface area contributed by atoms with Gasteiger partial charge in [-0.1, -0.05) is 38.1 Å². The van der Waals surface area contributed by atoms with Crippen LogP contribution in [0.1, 0.15) is 45.2 Å². The Balaban J connectivity index is 3.26. The first-order valence-electron chi connectivity index (χ1n) is 6.34. The summed E-state index contributed by atoms with van der Waals surface area (Å²) in [5.74, 6) is -0.994. The topological polar surface area (TPSA) is 57.5 Å². The van der Waals surface area contributed by atoms with Crippen LogP contribution in [0.25, 0.3) is 0 Å². The Morgan fingerprint density at radius 3 is 2.00 bits per heavy atom. The highest BCUT2D eigenvalue weighted by molar-refractivity contribution is 5.75. The molecular formula is C15H22O3. The summed E-state index contributed by atoms with van der Waals surface area (Å²) in [6, 6.07) is 7.53. The van der Waals surface area contributed by atoms with E-state index in [0.29, 0.717) is 12.0 Å². The highest BCUT2D eigenvalue weighted by atomic mass is 16.4. The van der Waals surface area contributed by atoms with Crippen molar-refractivity contribution in [3.63, 3.8) is 0 Å². The van der Waals surface area contributed by atoms with Crippen molar-refractivity contribution >= 4 is 5.97 Å². The van der Waals surface area contributed by atoms with Crippen LogP contribution in [-0.2, 0) is 16.8 Å². The molecule has 0 fully saturated rings. The fourth-order valence-corrected chi connectivity index (χ4v) is 2.20. The zero-order chi connectivity index (χ0) is 14.0. The zero-order valence-corrected chi connectivity index (χ0v) is 11.5. The van der Waals surface area contributed by atoms with E-state index in [9.17, 15) is 15.0 Å². The molecule has 1 rings (SSSR count). The lowest BCUT2D eigenvalue weighted by molar-refractivity contribution is -0.167. The molecule has 100 valence electrons. The normalized spacial score (nSPS) is 15.2. The maximum absolute atomic E-state index is 11.4. The molecule has 0 aliphatic carbocycles. The van der Waals surface area contributed by atoms with Crippen LogP contribution in [0.5, 0.6) is 0 Å². The molecule has 2 N–H and O–H groups in total. The van der Waals surface area contributed by atoms with Crippen molar-refractivity contribution in [1.29, 1.82) is 0 Å². The van der Waals surface area contributed by atoms with Gasteiger partial charge in [0.15, 0.2) is 0 Å². The van der Waals surface area contributed by atoms with E-state index in [1.165, 1.54) is 5.56 Å². The van der Waals surface area contributed by atoms with Crippen LogP contribution >= 0.6 is 0 Å². The standard InChI is InChI=1S/C15H22O3/c1-5-11-7-9-12(10-8-11)15(18,6-2)14(3,4)13(16)17/h7-10,18H,5-6H2,1-4H3,(H,16,17). The molecule has 3 nitrogen and oxygen atoms in total. The third-order valence-corrected chi connectivity index (χ3v) is 3.92. The van der Waals surface area contributed by atoms with Crippen molar-refractivity contribution in [2.75, 3.05) is 0 Å². The lowest BCUT2D eigenvalue weighted by Crippen LogP contribution is -2.46. The molecule has 1 aromatic rings. The van der Waals surface area contributed by atoms with Crippen molar-refractivity contribution in [2.24, 2.45) is 5.41 Å². The summed E-state index contributed by atoms with van der Waals surface area (Å²) in [6.45, 7) is 6.99. The van der Waals surface area contributed by atoms with E-state index in [-0.39, 0.29) is 0 Å². The minimum Gasteiger partial charge on any atom is -0.481 e. The van der Waals surface area contributed by atoms with Gasteiger partial charge in [-0.3, -0.25) is 4.79 Å². The molecule has 0 aliphatic heterocycles. The van der Waals surface area contributed by atoms with Gasteiger partial charge >= 0.3 is 5.97 Å². The zero-order valence-electron chi connectivity index (χ0n) is 11.5. The number of carboxylic acids is 1. The van der Waals surface area contributed by atoms with Crippen LogP contribution in [0.2, 0.25) is 0 Å². The lowest BCUT2D eigenvalue weighted by atomic mass is 9.69. The van der Waals surface area contributed by atoms with E-state index >= 15 is 0 Å². The summed E-state index contributed by atoms with van der Waals surface area (Å²) in [5.41, 5.74) is -0.749. The molecular weight excluding hydrogens is 228 g/mol. The quantitative estimate of drug-likeness (QED) is 0.844. The highest BCUT2D eigenvalue weighted by Gasteiger charge is 2.48. The Morgan fingerprint density at radius 1 is 1.17 bits per heavy atom. The molecule has 0 spiro atoms. The number of aliphatic carboxylic acids is 1. The first-order valence-corrected chi connectivity index (χ1v) is 6.34. The number of aryl methyl sites for hydroxylation is 1. The minimum absolute atomic E-state index is 0.359. The highest BCUT2D eigenvalue weighted by Crippen LogP contribution is 2.42. The molecule has 1 aromatic carbocycles. The van der Waals surface area contributed by atoms with Gasteiger partial charge in [-0.2, -0.15) is 0 Å². The van der Waals surface area contributed by atoms with Crippen LogP contribution in [0, 0.1) is 5.41 Å². The number of hydrogen-bond acceptors (Lipinski definition) is 2. The van der Waals surface area contributed by atoms with E-state index in [2.05, 4.69) is 6.92 Å². The molecule has 0 amide bonds. The van der Waals surface area contributed by atoms with Gasteiger partial charge in [0.25, 0.3) is 0 Å². The SMILES string of the molecule is CCc1ccc(C(O)(CC)C(C)(C)C(=O)O)cc1. The molecule has 0 aromatic heterocycles. The fraction of sp³-hybridized carbons (Fsp3) is 0.533. The first kappa shape index (κ1) is 14.7. The number of hydrogen-bond donors (Lipinski definition) is 2. The molecule has 0 saturated heterocycles. The van der Waals surface area contributed by atoms with E-state index in [1.807, 2.05) is 24.3 Å². The van der Waals surface area contributed by atoms with Crippen molar-refractivity contribution < 1.29 is 15.0 Å². The van der Waals surface area contributed by atoms with Gasteiger partial charge in [-0.05, 0) is 37.8 Å². The summed E-state index contributed by atoms with van der Waals surface area (Å²) in [6.07, 6.45) is 1.28. The number of aliphatic hydroxyl groups is 1. The van der Waals surface area contributed by atoms with Gasteiger partial charge < -0.3 is 10.2 Å². The van der Waals surface area contributed by atoms with Gasteiger partial charge in [0.2, 0.25) is 0 Å². The lowest BCUT2D eigenvalue weighted by Gasteiger charge is -2.39. The van der Waals surface area contributed by atoms with Crippen LogP contribution in [-0.4, -0.2) is 16.2 Å². The number of carbonyl (C=O) groups is 1. The van der Waals surface area contributed by atoms with E-state index in [0.717, 1.165) is 6.42 Å². The van der Waals surface area contributed by atoms with Gasteiger partial charge in [-0.25, -0.2) is 0 Å². The summed E-state index contributed by atoms with van der Waals surface area (Å²) >= 11 is 0. The Labute approximate surface area is 108 Å². The number of rotatable bonds is 5. The van der Waals surface area contributed by atoms with Gasteiger partial charge in [0.05, 0.1) is 5.41 Å². The molecule has 0 radical (unpaired) electrons. The molecule has 3 heteroatoms. The Hall–Kier alpha value is -1.35. The third kappa shape index (κ3) is 2.27. The summed E-state index contributed by atoms with van der Waals surface area (Å²) in [4.78, 5) is 11.4. The first-order chi connectivity index (χ1) is 8.29. The molecule has 18 heavy (non-hydrogen) atoms. The molecule has 0 saturated carbocycles. The van der Waals surface area contributed by atoms with Gasteiger partial charge in [-0.15, -0.1) is 0 Å². The largest absolute Gasteiger partial charge is 0.481 e. The van der Waals surface area contributed by atoms with Crippen LogP contribution in [0.3, 0.4) is 0 Å². The van der Waals surface area contributed by atoms with E-state index in [4.69, 9.17) is 0 Å². The number of carboxylic acid groups (broad SMARTS) is 1. The average Bonchev–Trinajstić information content (AvgIpc) is 2.37. The summed E-state index contributed by atoms with van der Waals surface area (Å²) in [5, 5.41) is 20.1. The summed E-state index contributed by atoms with van der Waals surface area (Å²) in [7, 11) is 0. The van der Waals surface area contributed by atoms with Crippen LogP contribution < -0.4 is 0 Å². The molecule has 0 heterocycles. The average molecular weight is 250 g/mol. The second-order valence-electron chi connectivity index (χ2n) is 5.19. The summed E-state index contributed by atoms with van der Waals surface area (Å²) < 4.78 is 0. The van der Waals surface area contributed by atoms with Crippen molar-refractivity contribution in [2.45, 2.75) is 46.1 Å². The Morgan fingerprint density at radius 2 is 1.67 bits per heavy atom. The molecule has 0 aliphatic rings. The smallest absolute Gasteiger partial charge is 0.312 e. The predicted molar refractivity (Wildman–Crippen MR) is 71.4 cm³/mol. The predicted octanol–water partition coefficient (Wildman–Crippen LogP) is 2.96. The minimum atomic E-state index is -1.36. The second kappa shape index (κ2) is 5.11. The molecule has 1 unspecified atom stereocenters. The monoisotopic (exact) mass is 250 g/mol. The van der Waals surface area contributed by atoms with E-state index < -0.39 is 17.0 Å². The second-order valence-corrected chi connectivity index (χ2v) is 5.19. The van der Waals surface area contributed by atoms with Crippen molar-refractivity contribution in [3.05, 3.63) is 35.4 Å². The van der Waals surface area contributed by atoms with Gasteiger partial charge in [0, 0.05) is 0 Å². The van der Waals surface area contributed by atoms with Gasteiger partial charge in [0.1, 0.15) is 5.60 Å². The maximum atomic E-state index is 11.4. The third-order valence-electron chi connectivity index (χ3n) is 3.92. The van der Waals surface area contributed by atoms with Crippen molar-refractivity contribution in [3.8, 4) is 0 Å². The Bertz CT molecular complexity index is 420. The fourth-order valence-electron chi connectivity index (χ4n) is 2.20. The van der Waals surface area contributed by atoms with E-state index in [1.54, 1.807) is 20.8 Å². The van der Waals surface area contributed by atoms with Crippen LogP contribution in [0.4, 0.5) is 0 Å². The number of benzene rings is 1. The van der Waals surface area contributed by atoms with Crippen molar-refractivity contribution in [1.82, 2.24) is 0 Å². The Kier molecular flexibility index (Phi) is 4.17. The maximum Gasteiger partial charge on any atom is 0.312 e. The molecule has 0 bridgehead atoms. The molecule has 1 atom stereocenters.